The van der Waals surface area contributed by atoms with Gasteiger partial charge in [0.05, 0.1) is 0 Å². The summed E-state index contributed by atoms with van der Waals surface area (Å²) < 4.78 is 5.50. The van der Waals surface area contributed by atoms with Crippen molar-refractivity contribution in [3.8, 4) is 5.75 Å². The van der Waals surface area contributed by atoms with Crippen molar-refractivity contribution in [2.45, 2.75) is 0 Å². The Balaban J connectivity index is 1.60. The molecular formula is C19H15ClN2O3S. The minimum absolute atomic E-state index is 0.104. The summed E-state index contributed by atoms with van der Waals surface area (Å²) in [6.45, 7) is -0.111. The number of anilines is 1. The van der Waals surface area contributed by atoms with E-state index in [1.54, 1.807) is 67.2 Å². The van der Waals surface area contributed by atoms with Gasteiger partial charge >= 0.3 is 0 Å². The number of ether oxygens (including phenoxy) is 1. The van der Waals surface area contributed by atoms with Crippen molar-refractivity contribution in [1.29, 1.82) is 0 Å². The molecule has 5 nitrogen and oxygen atoms in total. The predicted molar refractivity (Wildman–Crippen MR) is 102 cm³/mol. The Kier molecular flexibility index (Phi) is 5.65. The molecule has 0 unspecified atom stereocenters. The lowest BCUT2D eigenvalue weighted by molar-refractivity contribution is -0.120. The summed E-state index contributed by atoms with van der Waals surface area (Å²) in [6, 6.07) is 13.4. The van der Waals surface area contributed by atoms with Gasteiger partial charge in [-0.25, -0.2) is 4.98 Å². The molecule has 0 N–H and O–H groups in total. The van der Waals surface area contributed by atoms with Crippen LogP contribution in [0.1, 0.15) is 15.9 Å². The largest absolute Gasteiger partial charge is 0.484 e. The Labute approximate surface area is 159 Å². The van der Waals surface area contributed by atoms with Gasteiger partial charge < -0.3 is 4.74 Å². The van der Waals surface area contributed by atoms with E-state index in [9.17, 15) is 9.59 Å². The number of aromatic nitrogens is 1. The number of ketones is 1. The summed E-state index contributed by atoms with van der Waals surface area (Å²) in [5.41, 5.74) is 1.09. The molecule has 0 spiro atoms. The highest BCUT2D eigenvalue weighted by molar-refractivity contribution is 7.13. The van der Waals surface area contributed by atoms with E-state index in [0.29, 0.717) is 27.0 Å². The molecule has 1 heterocycles. The molecular weight excluding hydrogens is 372 g/mol. The van der Waals surface area contributed by atoms with Crippen LogP contribution in [0.4, 0.5) is 5.13 Å². The molecule has 0 aliphatic heterocycles. The topological polar surface area (TPSA) is 59.5 Å². The van der Waals surface area contributed by atoms with Crippen molar-refractivity contribution < 1.29 is 14.3 Å². The molecule has 1 aromatic heterocycles. The fraction of sp³-hybridized carbons (Fsp3) is 0.105. The lowest BCUT2D eigenvalue weighted by Crippen LogP contribution is -2.31. The quantitative estimate of drug-likeness (QED) is 0.599. The van der Waals surface area contributed by atoms with E-state index in [2.05, 4.69) is 4.98 Å². The number of nitrogens with zero attached hydrogens (tertiary/aromatic N) is 2. The molecule has 26 heavy (non-hydrogen) atoms. The number of amides is 1. The molecule has 7 heteroatoms. The minimum atomic E-state index is -0.207. The van der Waals surface area contributed by atoms with E-state index in [0.717, 1.165) is 0 Å². The van der Waals surface area contributed by atoms with E-state index in [-0.39, 0.29) is 18.3 Å². The summed E-state index contributed by atoms with van der Waals surface area (Å²) in [5, 5.41) is 3.00. The van der Waals surface area contributed by atoms with E-state index >= 15 is 0 Å². The van der Waals surface area contributed by atoms with E-state index in [1.807, 2.05) is 0 Å². The monoisotopic (exact) mass is 386 g/mol. The molecule has 3 rings (SSSR count). The van der Waals surface area contributed by atoms with E-state index in [4.69, 9.17) is 16.3 Å². The summed E-state index contributed by atoms with van der Waals surface area (Å²) in [6.07, 6.45) is 1.64. The van der Waals surface area contributed by atoms with Gasteiger partial charge in [-0.05, 0) is 48.5 Å². The Hall–Kier alpha value is -2.70. The van der Waals surface area contributed by atoms with Gasteiger partial charge in [-0.2, -0.15) is 0 Å². The van der Waals surface area contributed by atoms with Crippen molar-refractivity contribution in [3.63, 3.8) is 0 Å². The summed E-state index contributed by atoms with van der Waals surface area (Å²) in [4.78, 5) is 30.0. The molecule has 0 aliphatic rings. The maximum Gasteiger partial charge on any atom is 0.266 e. The Morgan fingerprint density at radius 1 is 1.08 bits per heavy atom. The first kappa shape index (κ1) is 18.1. The summed E-state index contributed by atoms with van der Waals surface area (Å²) >= 11 is 7.21. The van der Waals surface area contributed by atoms with Gasteiger partial charge in [0.25, 0.3) is 5.91 Å². The van der Waals surface area contributed by atoms with Crippen molar-refractivity contribution in [1.82, 2.24) is 4.98 Å². The van der Waals surface area contributed by atoms with Crippen LogP contribution in [-0.2, 0) is 4.79 Å². The third kappa shape index (κ3) is 4.28. The van der Waals surface area contributed by atoms with Crippen LogP contribution >= 0.6 is 22.9 Å². The lowest BCUT2D eigenvalue weighted by atomic mass is 10.0. The lowest BCUT2D eigenvalue weighted by Gasteiger charge is -2.14. The second-order valence-corrected chi connectivity index (χ2v) is 6.73. The molecule has 0 aliphatic carbocycles. The van der Waals surface area contributed by atoms with Crippen LogP contribution in [0.15, 0.2) is 60.1 Å². The third-order valence-corrected chi connectivity index (χ3v) is 4.77. The summed E-state index contributed by atoms with van der Waals surface area (Å²) in [7, 11) is 1.65. The number of hydrogen-bond donors (Lipinski definition) is 0. The number of halogens is 1. The Bertz CT molecular complexity index is 894. The fourth-order valence-corrected chi connectivity index (χ4v) is 2.95. The molecule has 0 fully saturated rings. The standard InChI is InChI=1S/C19H15ClN2O3S/c1-22(19-21-10-11-26-19)17(23)12-25-16-8-4-14(5-9-16)18(24)13-2-6-15(20)7-3-13/h2-11H,12H2,1H3. The Morgan fingerprint density at radius 3 is 2.27 bits per heavy atom. The first-order valence-corrected chi connectivity index (χ1v) is 8.99. The van der Waals surface area contributed by atoms with Crippen molar-refractivity contribution in [2.24, 2.45) is 0 Å². The molecule has 2 aromatic carbocycles. The number of hydrogen-bond acceptors (Lipinski definition) is 5. The number of carbonyl (C=O) groups excluding carboxylic acids is 2. The minimum Gasteiger partial charge on any atom is -0.484 e. The average molecular weight is 387 g/mol. The maximum atomic E-state index is 12.4. The van der Waals surface area contributed by atoms with Crippen LogP contribution in [0.5, 0.6) is 5.75 Å². The van der Waals surface area contributed by atoms with Crippen molar-refractivity contribution in [2.75, 3.05) is 18.6 Å². The zero-order valence-electron chi connectivity index (χ0n) is 13.9. The summed E-state index contributed by atoms with van der Waals surface area (Å²) in [5.74, 6) is 0.201. The van der Waals surface area contributed by atoms with Gasteiger partial charge in [-0.15, -0.1) is 11.3 Å². The fourth-order valence-electron chi connectivity index (χ4n) is 2.20. The van der Waals surface area contributed by atoms with Gasteiger partial charge in [0.2, 0.25) is 0 Å². The number of benzene rings is 2. The van der Waals surface area contributed by atoms with Gasteiger partial charge in [-0.3, -0.25) is 14.5 Å². The molecule has 0 atom stereocenters. The van der Waals surface area contributed by atoms with Crippen LogP contribution < -0.4 is 9.64 Å². The normalized spacial score (nSPS) is 10.4. The first-order chi connectivity index (χ1) is 12.5. The number of thiazole rings is 1. The zero-order chi connectivity index (χ0) is 18.5. The van der Waals surface area contributed by atoms with Crippen LogP contribution in [0.25, 0.3) is 0 Å². The number of rotatable bonds is 6. The molecule has 3 aromatic rings. The molecule has 0 bridgehead atoms. The second-order valence-electron chi connectivity index (χ2n) is 5.42. The van der Waals surface area contributed by atoms with Crippen LogP contribution in [0.3, 0.4) is 0 Å². The molecule has 1 amide bonds. The average Bonchev–Trinajstić information content (AvgIpc) is 3.20. The van der Waals surface area contributed by atoms with Gasteiger partial charge in [0.15, 0.2) is 17.5 Å². The van der Waals surface area contributed by atoms with Crippen molar-refractivity contribution in [3.05, 3.63) is 76.3 Å². The van der Waals surface area contributed by atoms with Crippen LogP contribution in [0, 0.1) is 0 Å². The smallest absolute Gasteiger partial charge is 0.266 e. The highest BCUT2D eigenvalue weighted by Gasteiger charge is 2.14. The highest BCUT2D eigenvalue weighted by atomic mass is 35.5. The SMILES string of the molecule is CN(C(=O)COc1ccc(C(=O)c2ccc(Cl)cc2)cc1)c1nccs1. The number of likely N-dealkylation sites (N-methyl/N-ethyl adjacent to an activating group) is 1. The number of carbonyl (C=O) groups is 2. The van der Waals surface area contributed by atoms with Crippen LogP contribution in [-0.4, -0.2) is 30.3 Å². The van der Waals surface area contributed by atoms with E-state index < -0.39 is 0 Å². The molecule has 132 valence electrons. The van der Waals surface area contributed by atoms with Gasteiger partial charge in [0, 0.05) is 34.8 Å². The molecule has 0 radical (unpaired) electrons. The predicted octanol–water partition coefficient (Wildman–Crippen LogP) is 4.07. The third-order valence-electron chi connectivity index (χ3n) is 3.67. The van der Waals surface area contributed by atoms with Crippen molar-refractivity contribution >= 4 is 39.8 Å². The second kappa shape index (κ2) is 8.12. The molecule has 0 saturated heterocycles. The Morgan fingerprint density at radius 2 is 1.69 bits per heavy atom. The van der Waals surface area contributed by atoms with Gasteiger partial charge in [-0.1, -0.05) is 11.6 Å². The zero-order valence-corrected chi connectivity index (χ0v) is 15.5. The molecule has 0 saturated carbocycles. The first-order valence-electron chi connectivity index (χ1n) is 7.74. The van der Waals surface area contributed by atoms with E-state index in [1.165, 1.54) is 16.2 Å². The highest BCUT2D eigenvalue weighted by Crippen LogP contribution is 2.18. The van der Waals surface area contributed by atoms with Gasteiger partial charge in [0.1, 0.15) is 5.75 Å². The maximum absolute atomic E-state index is 12.4. The van der Waals surface area contributed by atoms with Crippen LogP contribution in [0.2, 0.25) is 5.02 Å².